The Hall–Kier alpha value is 0.140. The van der Waals surface area contributed by atoms with Crippen LogP contribution in [0.2, 0.25) is 0 Å². The van der Waals surface area contributed by atoms with Gasteiger partial charge in [0.15, 0.2) is 0 Å². The molecule has 0 amide bonds. The predicted molar refractivity (Wildman–Crippen MR) is 71.2 cm³/mol. The lowest BCUT2D eigenvalue weighted by atomic mass is 9.81. The van der Waals surface area contributed by atoms with Gasteiger partial charge in [-0.25, -0.2) is 0 Å². The molecule has 0 radical (unpaired) electrons. The Labute approximate surface area is 108 Å². The van der Waals surface area contributed by atoms with Crippen molar-refractivity contribution in [2.45, 2.75) is 38.6 Å². The smallest absolute Gasteiger partial charge is 0.0309 e. The van der Waals surface area contributed by atoms with Crippen molar-refractivity contribution in [1.82, 2.24) is 0 Å². The van der Waals surface area contributed by atoms with Gasteiger partial charge in [-0.05, 0) is 48.4 Å². The second-order valence-electron chi connectivity index (χ2n) is 4.40. The molecule has 2 N–H and O–H groups in total. The average Bonchev–Trinajstić information content (AvgIpc) is 2.18. The van der Waals surface area contributed by atoms with Crippen LogP contribution >= 0.6 is 31.9 Å². The first-order valence-electron chi connectivity index (χ1n) is 5.26. The molecule has 1 aliphatic rings. The zero-order valence-electron chi connectivity index (χ0n) is 8.98. The van der Waals surface area contributed by atoms with Crippen molar-refractivity contribution < 1.29 is 0 Å². The van der Waals surface area contributed by atoms with Gasteiger partial charge in [-0.2, -0.15) is 0 Å². The van der Waals surface area contributed by atoms with Crippen LogP contribution in [0.5, 0.6) is 0 Å². The quantitative estimate of drug-likeness (QED) is 0.747. The molecule has 15 heavy (non-hydrogen) atoms. The predicted octanol–water partition coefficient (Wildman–Crippen LogP) is 4.42. The van der Waals surface area contributed by atoms with E-state index in [1.165, 1.54) is 32.1 Å². The Balaban J connectivity index is 2.71. The van der Waals surface area contributed by atoms with Crippen molar-refractivity contribution in [3.63, 3.8) is 0 Å². The summed E-state index contributed by atoms with van der Waals surface area (Å²) in [6.07, 6.45) is 2.27. The van der Waals surface area contributed by atoms with E-state index < -0.39 is 0 Å². The zero-order chi connectivity index (χ0) is 11.2. The van der Waals surface area contributed by atoms with Gasteiger partial charge in [0.2, 0.25) is 0 Å². The standard InChI is InChI=1S/C12H15Br2N/c1-6-3-4-9(15)11-10(6)8(13)5-7(2)12(11)14/h5-6,9H,3-4,15H2,1-2H3/t6?,9-/m0/s1. The van der Waals surface area contributed by atoms with Crippen molar-refractivity contribution in [3.8, 4) is 0 Å². The van der Waals surface area contributed by atoms with Crippen LogP contribution in [0.3, 0.4) is 0 Å². The molecule has 3 heteroatoms. The van der Waals surface area contributed by atoms with Crippen LogP contribution < -0.4 is 5.73 Å². The summed E-state index contributed by atoms with van der Waals surface area (Å²) in [5, 5.41) is 0. The molecule has 1 nitrogen and oxygen atoms in total. The van der Waals surface area contributed by atoms with Crippen LogP contribution in [0.4, 0.5) is 0 Å². The van der Waals surface area contributed by atoms with Crippen LogP contribution in [-0.2, 0) is 0 Å². The third kappa shape index (κ3) is 1.90. The first kappa shape index (κ1) is 11.6. The number of rotatable bonds is 0. The lowest BCUT2D eigenvalue weighted by molar-refractivity contribution is 0.509. The van der Waals surface area contributed by atoms with E-state index in [2.05, 4.69) is 51.8 Å². The summed E-state index contributed by atoms with van der Waals surface area (Å²) in [5.41, 5.74) is 10.2. The van der Waals surface area contributed by atoms with E-state index in [0.29, 0.717) is 5.92 Å². The van der Waals surface area contributed by atoms with Crippen molar-refractivity contribution in [1.29, 1.82) is 0 Å². The minimum atomic E-state index is 0.182. The lowest BCUT2D eigenvalue weighted by Crippen LogP contribution is -2.21. The summed E-state index contributed by atoms with van der Waals surface area (Å²) in [5.74, 6) is 0.603. The van der Waals surface area contributed by atoms with Crippen molar-refractivity contribution in [2.24, 2.45) is 5.73 Å². The minimum Gasteiger partial charge on any atom is -0.324 e. The third-order valence-electron chi connectivity index (χ3n) is 3.25. The Morgan fingerprint density at radius 1 is 1.27 bits per heavy atom. The van der Waals surface area contributed by atoms with Gasteiger partial charge in [0.1, 0.15) is 0 Å². The first-order valence-corrected chi connectivity index (χ1v) is 6.85. The number of hydrogen-bond donors (Lipinski definition) is 1. The molecular formula is C12H15Br2N. The molecule has 0 aromatic heterocycles. The van der Waals surface area contributed by atoms with E-state index in [1.807, 2.05) is 0 Å². The number of fused-ring (bicyclic) bond motifs is 1. The van der Waals surface area contributed by atoms with Gasteiger partial charge >= 0.3 is 0 Å². The normalized spacial score (nSPS) is 25.1. The highest BCUT2D eigenvalue weighted by atomic mass is 79.9. The molecular weight excluding hydrogens is 318 g/mol. The molecule has 0 fully saturated rings. The molecule has 1 aliphatic carbocycles. The SMILES string of the molecule is Cc1cc(Br)c2c(c1Br)[C@@H](N)CCC2C. The number of nitrogens with two attached hydrogens (primary N) is 1. The van der Waals surface area contributed by atoms with Crippen LogP contribution in [-0.4, -0.2) is 0 Å². The number of aryl methyl sites for hydroxylation is 1. The second-order valence-corrected chi connectivity index (χ2v) is 6.05. The van der Waals surface area contributed by atoms with Gasteiger partial charge in [0.25, 0.3) is 0 Å². The maximum atomic E-state index is 6.20. The zero-order valence-corrected chi connectivity index (χ0v) is 12.2. The van der Waals surface area contributed by atoms with Gasteiger partial charge in [-0.1, -0.05) is 38.8 Å². The summed E-state index contributed by atoms with van der Waals surface area (Å²) < 4.78 is 2.40. The topological polar surface area (TPSA) is 26.0 Å². The highest BCUT2D eigenvalue weighted by Crippen LogP contribution is 2.44. The Morgan fingerprint density at radius 3 is 2.60 bits per heavy atom. The van der Waals surface area contributed by atoms with E-state index in [4.69, 9.17) is 5.73 Å². The summed E-state index contributed by atoms with van der Waals surface area (Å²) in [6.45, 7) is 4.39. The molecule has 0 saturated heterocycles. The van der Waals surface area contributed by atoms with Gasteiger partial charge in [-0.3, -0.25) is 0 Å². The molecule has 1 unspecified atom stereocenters. The van der Waals surface area contributed by atoms with Crippen LogP contribution in [0, 0.1) is 6.92 Å². The minimum absolute atomic E-state index is 0.182. The fourth-order valence-electron chi connectivity index (χ4n) is 2.37. The van der Waals surface area contributed by atoms with E-state index in [-0.39, 0.29) is 6.04 Å². The van der Waals surface area contributed by atoms with Gasteiger partial charge in [0, 0.05) is 15.0 Å². The summed E-state index contributed by atoms with van der Waals surface area (Å²) in [7, 11) is 0. The molecule has 1 aromatic carbocycles. The fourth-order valence-corrected chi connectivity index (χ4v) is 3.94. The molecule has 2 atom stereocenters. The van der Waals surface area contributed by atoms with Crippen LogP contribution in [0.15, 0.2) is 15.0 Å². The Morgan fingerprint density at radius 2 is 1.93 bits per heavy atom. The fraction of sp³-hybridized carbons (Fsp3) is 0.500. The van der Waals surface area contributed by atoms with E-state index in [1.54, 1.807) is 0 Å². The lowest BCUT2D eigenvalue weighted by Gasteiger charge is -2.30. The maximum Gasteiger partial charge on any atom is 0.0309 e. The molecule has 0 spiro atoms. The Bertz CT molecular complexity index is 401. The number of hydrogen-bond acceptors (Lipinski definition) is 1. The van der Waals surface area contributed by atoms with Crippen molar-refractivity contribution >= 4 is 31.9 Å². The molecule has 1 aromatic rings. The van der Waals surface area contributed by atoms with Crippen molar-refractivity contribution in [2.75, 3.05) is 0 Å². The second kappa shape index (κ2) is 4.19. The van der Waals surface area contributed by atoms with Gasteiger partial charge in [-0.15, -0.1) is 0 Å². The largest absolute Gasteiger partial charge is 0.324 e. The molecule has 2 rings (SSSR count). The highest BCUT2D eigenvalue weighted by molar-refractivity contribution is 9.11. The van der Waals surface area contributed by atoms with Crippen molar-refractivity contribution in [3.05, 3.63) is 31.7 Å². The number of halogens is 2. The molecule has 0 bridgehead atoms. The van der Waals surface area contributed by atoms with Gasteiger partial charge in [0.05, 0.1) is 0 Å². The molecule has 0 heterocycles. The molecule has 0 saturated carbocycles. The highest BCUT2D eigenvalue weighted by Gasteiger charge is 2.27. The first-order chi connectivity index (χ1) is 7.02. The van der Waals surface area contributed by atoms with Gasteiger partial charge < -0.3 is 5.73 Å². The molecule has 0 aliphatic heterocycles. The van der Waals surface area contributed by atoms with E-state index in [9.17, 15) is 0 Å². The Kier molecular flexibility index (Phi) is 3.25. The van der Waals surface area contributed by atoms with Crippen LogP contribution in [0.1, 0.15) is 48.4 Å². The summed E-state index contributed by atoms with van der Waals surface area (Å²) in [4.78, 5) is 0. The maximum absolute atomic E-state index is 6.20. The average molecular weight is 333 g/mol. The third-order valence-corrected chi connectivity index (χ3v) is 4.96. The van der Waals surface area contributed by atoms with Crippen LogP contribution in [0.25, 0.3) is 0 Å². The van der Waals surface area contributed by atoms with E-state index in [0.717, 1.165) is 6.42 Å². The summed E-state index contributed by atoms with van der Waals surface area (Å²) >= 11 is 7.33. The van der Waals surface area contributed by atoms with E-state index >= 15 is 0 Å². The monoisotopic (exact) mass is 331 g/mol. The summed E-state index contributed by atoms with van der Waals surface area (Å²) in [6, 6.07) is 2.36. The number of benzene rings is 1. The molecule has 82 valence electrons.